The molecule has 1 amide bonds. The zero-order valence-electron chi connectivity index (χ0n) is 17.7. The predicted octanol–water partition coefficient (Wildman–Crippen LogP) is 5.31. The first-order chi connectivity index (χ1) is 13.8. The fourth-order valence-electron chi connectivity index (χ4n) is 3.68. The molecular weight excluding hydrogens is 364 g/mol. The van der Waals surface area contributed by atoms with E-state index < -0.39 is 5.97 Å². The standard InChI is InChI=1S/C24H28N2O3/c1-15(2)17-10-8-11-18(16(3)4)23(17)25-22(27)14-26-13-20(24(28)29-5)19-9-6-7-12-21(19)26/h6-13,15-16H,14H2,1-5H3,(H,25,27). The maximum absolute atomic E-state index is 13.0. The number of esters is 1. The lowest BCUT2D eigenvalue weighted by Crippen LogP contribution is -2.20. The van der Waals surface area contributed by atoms with Gasteiger partial charge in [-0.15, -0.1) is 0 Å². The number of hydrogen-bond acceptors (Lipinski definition) is 3. The smallest absolute Gasteiger partial charge is 0.340 e. The number of rotatable bonds is 6. The van der Waals surface area contributed by atoms with Crippen molar-refractivity contribution in [1.82, 2.24) is 4.57 Å². The summed E-state index contributed by atoms with van der Waals surface area (Å²) in [4.78, 5) is 25.1. The number of amides is 1. The van der Waals surface area contributed by atoms with Crippen LogP contribution in [0.15, 0.2) is 48.7 Å². The summed E-state index contributed by atoms with van der Waals surface area (Å²) in [5, 5.41) is 3.91. The quantitative estimate of drug-likeness (QED) is 0.578. The summed E-state index contributed by atoms with van der Waals surface area (Å²) in [6, 6.07) is 13.7. The number of nitrogens with zero attached hydrogens (tertiary/aromatic N) is 1. The molecule has 0 spiro atoms. The normalized spacial score (nSPS) is 11.3. The number of fused-ring (bicyclic) bond motifs is 1. The highest BCUT2D eigenvalue weighted by Gasteiger charge is 2.19. The molecule has 1 aromatic heterocycles. The molecule has 0 atom stereocenters. The summed E-state index contributed by atoms with van der Waals surface area (Å²) in [7, 11) is 1.36. The third-order valence-corrected chi connectivity index (χ3v) is 5.15. The molecule has 1 heterocycles. The van der Waals surface area contributed by atoms with E-state index in [1.807, 2.05) is 30.3 Å². The average Bonchev–Trinajstić information content (AvgIpc) is 3.05. The Morgan fingerprint density at radius 2 is 1.59 bits per heavy atom. The number of aromatic nitrogens is 1. The fraction of sp³-hybridized carbons (Fsp3) is 0.333. The monoisotopic (exact) mass is 392 g/mol. The van der Waals surface area contributed by atoms with Crippen molar-refractivity contribution in [1.29, 1.82) is 0 Å². The molecule has 1 N–H and O–H groups in total. The van der Waals surface area contributed by atoms with Gasteiger partial charge in [0.05, 0.1) is 12.7 Å². The number of benzene rings is 2. The van der Waals surface area contributed by atoms with Crippen LogP contribution in [0.1, 0.15) is 61.0 Å². The second-order valence-corrected chi connectivity index (χ2v) is 7.85. The summed E-state index contributed by atoms with van der Waals surface area (Å²) in [6.45, 7) is 8.60. The van der Waals surface area contributed by atoms with Crippen LogP contribution in [-0.4, -0.2) is 23.6 Å². The molecule has 5 heteroatoms. The second kappa shape index (κ2) is 8.52. The van der Waals surface area contributed by atoms with Crippen LogP contribution in [0, 0.1) is 0 Å². The average molecular weight is 392 g/mol. The Morgan fingerprint density at radius 3 is 2.17 bits per heavy atom. The van der Waals surface area contributed by atoms with Gasteiger partial charge in [-0.1, -0.05) is 64.1 Å². The van der Waals surface area contributed by atoms with E-state index in [0.29, 0.717) is 17.4 Å². The summed E-state index contributed by atoms with van der Waals surface area (Å²) in [5.41, 5.74) is 4.42. The maximum atomic E-state index is 13.0. The zero-order chi connectivity index (χ0) is 21.1. The minimum atomic E-state index is -0.410. The van der Waals surface area contributed by atoms with Gasteiger partial charge < -0.3 is 14.6 Å². The first-order valence-electron chi connectivity index (χ1n) is 9.92. The molecule has 0 saturated carbocycles. The summed E-state index contributed by atoms with van der Waals surface area (Å²) in [5.74, 6) is 0.0504. The van der Waals surface area contributed by atoms with Crippen LogP contribution in [0.5, 0.6) is 0 Å². The van der Waals surface area contributed by atoms with Gasteiger partial charge in [-0.3, -0.25) is 4.79 Å². The zero-order valence-corrected chi connectivity index (χ0v) is 17.7. The van der Waals surface area contributed by atoms with Crippen LogP contribution < -0.4 is 5.32 Å². The number of para-hydroxylation sites is 2. The van der Waals surface area contributed by atoms with Gasteiger partial charge in [0, 0.05) is 22.8 Å². The van der Waals surface area contributed by atoms with Crippen molar-refractivity contribution in [3.63, 3.8) is 0 Å². The van der Waals surface area contributed by atoms with E-state index in [9.17, 15) is 9.59 Å². The molecule has 0 aliphatic rings. The first kappa shape index (κ1) is 20.6. The van der Waals surface area contributed by atoms with Gasteiger partial charge in [0.1, 0.15) is 6.54 Å². The van der Waals surface area contributed by atoms with Crippen LogP contribution in [-0.2, 0) is 16.1 Å². The number of anilines is 1. The number of carbonyl (C=O) groups is 2. The molecule has 0 aliphatic carbocycles. The number of methoxy groups -OCH3 is 1. The number of hydrogen-bond donors (Lipinski definition) is 1. The molecule has 0 bridgehead atoms. The van der Waals surface area contributed by atoms with Gasteiger partial charge in [0.2, 0.25) is 5.91 Å². The highest BCUT2D eigenvalue weighted by atomic mass is 16.5. The largest absolute Gasteiger partial charge is 0.465 e. The molecule has 0 radical (unpaired) electrons. The Hall–Kier alpha value is -3.08. The Morgan fingerprint density at radius 1 is 0.966 bits per heavy atom. The Kier molecular flexibility index (Phi) is 6.06. The van der Waals surface area contributed by atoms with Crippen LogP contribution in [0.4, 0.5) is 5.69 Å². The topological polar surface area (TPSA) is 60.3 Å². The third kappa shape index (κ3) is 4.19. The molecule has 0 aliphatic heterocycles. The summed E-state index contributed by atoms with van der Waals surface area (Å²) in [6.07, 6.45) is 1.69. The SMILES string of the molecule is COC(=O)c1cn(CC(=O)Nc2c(C(C)C)cccc2C(C)C)c2ccccc12. The lowest BCUT2D eigenvalue weighted by atomic mass is 9.92. The minimum absolute atomic E-state index is 0.113. The van der Waals surface area contributed by atoms with Crippen molar-refractivity contribution in [3.05, 3.63) is 65.4 Å². The minimum Gasteiger partial charge on any atom is -0.465 e. The van der Waals surface area contributed by atoms with Gasteiger partial charge >= 0.3 is 5.97 Å². The van der Waals surface area contributed by atoms with E-state index in [1.54, 1.807) is 10.8 Å². The van der Waals surface area contributed by atoms with Gasteiger partial charge in [-0.05, 0) is 29.0 Å². The molecule has 0 unspecified atom stereocenters. The Balaban J connectivity index is 1.94. The van der Waals surface area contributed by atoms with E-state index in [-0.39, 0.29) is 12.5 Å². The van der Waals surface area contributed by atoms with Gasteiger partial charge in [0.25, 0.3) is 0 Å². The van der Waals surface area contributed by atoms with Gasteiger partial charge in [-0.25, -0.2) is 4.79 Å². The van der Waals surface area contributed by atoms with Gasteiger partial charge in [0.15, 0.2) is 0 Å². The van der Waals surface area contributed by atoms with Crippen LogP contribution in [0.2, 0.25) is 0 Å². The highest BCUT2D eigenvalue weighted by molar-refractivity contribution is 6.05. The fourth-order valence-corrected chi connectivity index (χ4v) is 3.68. The lowest BCUT2D eigenvalue weighted by molar-refractivity contribution is -0.116. The molecule has 29 heavy (non-hydrogen) atoms. The van der Waals surface area contributed by atoms with E-state index in [2.05, 4.69) is 45.1 Å². The highest BCUT2D eigenvalue weighted by Crippen LogP contribution is 2.32. The van der Waals surface area contributed by atoms with Crippen molar-refractivity contribution in [2.24, 2.45) is 0 Å². The molecule has 3 aromatic rings. The molecular formula is C24H28N2O3. The van der Waals surface area contributed by atoms with Crippen LogP contribution >= 0.6 is 0 Å². The first-order valence-corrected chi connectivity index (χ1v) is 9.92. The second-order valence-electron chi connectivity index (χ2n) is 7.85. The van der Waals surface area contributed by atoms with Crippen molar-refractivity contribution in [3.8, 4) is 0 Å². The number of carbonyl (C=O) groups excluding carboxylic acids is 2. The van der Waals surface area contributed by atoms with Crippen molar-refractivity contribution >= 4 is 28.5 Å². The maximum Gasteiger partial charge on any atom is 0.340 e. The molecule has 2 aromatic carbocycles. The molecule has 5 nitrogen and oxygen atoms in total. The van der Waals surface area contributed by atoms with E-state index in [1.165, 1.54) is 7.11 Å². The third-order valence-electron chi connectivity index (χ3n) is 5.15. The predicted molar refractivity (Wildman–Crippen MR) is 117 cm³/mol. The van der Waals surface area contributed by atoms with Crippen LogP contribution in [0.3, 0.4) is 0 Å². The Labute approximate surface area is 171 Å². The molecule has 0 saturated heterocycles. The van der Waals surface area contributed by atoms with E-state index in [0.717, 1.165) is 27.7 Å². The van der Waals surface area contributed by atoms with Crippen molar-refractivity contribution < 1.29 is 14.3 Å². The molecule has 3 rings (SSSR count). The number of nitrogens with one attached hydrogen (secondary N) is 1. The molecule has 152 valence electrons. The van der Waals surface area contributed by atoms with E-state index >= 15 is 0 Å². The summed E-state index contributed by atoms with van der Waals surface area (Å²) >= 11 is 0. The Bertz CT molecular complexity index is 1020. The summed E-state index contributed by atoms with van der Waals surface area (Å²) < 4.78 is 6.69. The number of ether oxygens (including phenoxy) is 1. The van der Waals surface area contributed by atoms with Crippen molar-refractivity contribution in [2.75, 3.05) is 12.4 Å². The van der Waals surface area contributed by atoms with Gasteiger partial charge in [-0.2, -0.15) is 0 Å². The van der Waals surface area contributed by atoms with Crippen LogP contribution in [0.25, 0.3) is 10.9 Å². The lowest BCUT2D eigenvalue weighted by Gasteiger charge is -2.20. The van der Waals surface area contributed by atoms with E-state index in [4.69, 9.17) is 4.74 Å². The van der Waals surface area contributed by atoms with Crippen molar-refractivity contribution in [2.45, 2.75) is 46.1 Å². The molecule has 0 fully saturated rings.